The first-order valence-corrected chi connectivity index (χ1v) is 7.25. The maximum absolute atomic E-state index is 12.3. The third-order valence-electron chi connectivity index (χ3n) is 3.81. The van der Waals surface area contributed by atoms with E-state index in [1.165, 1.54) is 13.8 Å². The zero-order valence-corrected chi connectivity index (χ0v) is 12.7. The molecular formula is C14H21N3O4. The van der Waals surface area contributed by atoms with Gasteiger partial charge in [0.1, 0.15) is 17.8 Å². The lowest BCUT2D eigenvalue weighted by molar-refractivity contribution is -0.158. The molecule has 7 nitrogen and oxygen atoms in total. The lowest BCUT2D eigenvalue weighted by atomic mass is 9.88. The van der Waals surface area contributed by atoms with Crippen molar-refractivity contribution in [3.63, 3.8) is 0 Å². The number of hydrogen-bond donors (Lipinski definition) is 0. The largest absolute Gasteiger partial charge is 0.465 e. The van der Waals surface area contributed by atoms with Crippen LogP contribution in [-0.2, 0) is 33.8 Å². The minimum absolute atomic E-state index is 0.204. The van der Waals surface area contributed by atoms with E-state index in [0.717, 1.165) is 23.9 Å². The van der Waals surface area contributed by atoms with Crippen molar-refractivity contribution in [1.82, 2.24) is 14.3 Å². The van der Waals surface area contributed by atoms with Gasteiger partial charge in [0.2, 0.25) is 0 Å². The van der Waals surface area contributed by atoms with Gasteiger partial charge in [-0.25, -0.2) is 9.48 Å². The topological polar surface area (TPSA) is 83.2 Å². The van der Waals surface area contributed by atoms with Crippen LogP contribution in [0.1, 0.15) is 39.4 Å². The van der Waals surface area contributed by atoms with Crippen LogP contribution in [0.2, 0.25) is 0 Å². The van der Waals surface area contributed by atoms with Crippen LogP contribution in [0.4, 0.5) is 0 Å². The standard InChI is InChI=1S/C14H21N3O4/c1-4-21-12(19)14(2,3)10(18)9-17-13(20)16-8-6-5-7-11(16)15-17/h4-9H2,1-3H3. The SMILES string of the molecule is CCOC(=O)C(C)(C)C(=O)Cn1nc2n(c1=O)CCCC2. The summed E-state index contributed by atoms with van der Waals surface area (Å²) in [5, 5.41) is 4.20. The zero-order valence-electron chi connectivity index (χ0n) is 12.7. The van der Waals surface area contributed by atoms with E-state index in [1.807, 2.05) is 0 Å². The number of carbonyl (C=O) groups excluding carboxylic acids is 2. The fourth-order valence-corrected chi connectivity index (χ4v) is 2.31. The Morgan fingerprint density at radius 2 is 2.05 bits per heavy atom. The summed E-state index contributed by atoms with van der Waals surface area (Å²) in [6, 6.07) is 0. The molecule has 2 heterocycles. The van der Waals surface area contributed by atoms with E-state index < -0.39 is 11.4 Å². The molecule has 0 spiro atoms. The molecule has 1 aromatic heterocycles. The van der Waals surface area contributed by atoms with Crippen LogP contribution in [0, 0.1) is 5.41 Å². The van der Waals surface area contributed by atoms with Crippen molar-refractivity contribution in [1.29, 1.82) is 0 Å². The summed E-state index contributed by atoms with van der Waals surface area (Å²) in [5.74, 6) is -0.237. The fourth-order valence-electron chi connectivity index (χ4n) is 2.31. The van der Waals surface area contributed by atoms with Gasteiger partial charge >= 0.3 is 11.7 Å². The van der Waals surface area contributed by atoms with Gasteiger partial charge in [-0.05, 0) is 33.6 Å². The lowest BCUT2D eigenvalue weighted by Gasteiger charge is -2.20. The number of ketones is 1. The van der Waals surface area contributed by atoms with Crippen LogP contribution >= 0.6 is 0 Å². The number of rotatable bonds is 5. The number of hydrogen-bond acceptors (Lipinski definition) is 5. The Labute approximate surface area is 122 Å². The minimum atomic E-state index is -1.28. The molecule has 0 N–H and O–H groups in total. The highest BCUT2D eigenvalue weighted by atomic mass is 16.5. The normalized spacial score (nSPS) is 14.6. The van der Waals surface area contributed by atoms with E-state index in [0.29, 0.717) is 12.4 Å². The average molecular weight is 295 g/mol. The van der Waals surface area contributed by atoms with Crippen molar-refractivity contribution < 1.29 is 14.3 Å². The Morgan fingerprint density at radius 1 is 1.33 bits per heavy atom. The summed E-state index contributed by atoms with van der Waals surface area (Å²) >= 11 is 0. The van der Waals surface area contributed by atoms with Crippen LogP contribution in [-0.4, -0.2) is 32.7 Å². The Balaban J connectivity index is 2.18. The lowest BCUT2D eigenvalue weighted by Crippen LogP contribution is -2.39. The first-order chi connectivity index (χ1) is 9.87. The van der Waals surface area contributed by atoms with Gasteiger partial charge in [-0.3, -0.25) is 14.2 Å². The number of aromatic nitrogens is 3. The highest BCUT2D eigenvalue weighted by Gasteiger charge is 2.38. The first kappa shape index (κ1) is 15.5. The quantitative estimate of drug-likeness (QED) is 0.585. The van der Waals surface area contributed by atoms with E-state index >= 15 is 0 Å². The number of esters is 1. The number of ether oxygens (including phenoxy) is 1. The predicted molar refractivity (Wildman–Crippen MR) is 74.8 cm³/mol. The molecule has 0 bridgehead atoms. The van der Waals surface area contributed by atoms with Crippen LogP contribution in [0.15, 0.2) is 4.79 Å². The van der Waals surface area contributed by atoms with Crippen molar-refractivity contribution in [2.45, 2.75) is 53.1 Å². The van der Waals surface area contributed by atoms with Crippen molar-refractivity contribution in [3.8, 4) is 0 Å². The Bertz CT molecular complexity index is 612. The number of aryl methyl sites for hydroxylation is 1. The molecule has 1 aliphatic rings. The monoisotopic (exact) mass is 295 g/mol. The van der Waals surface area contributed by atoms with E-state index in [-0.39, 0.29) is 24.6 Å². The van der Waals surface area contributed by atoms with E-state index in [9.17, 15) is 14.4 Å². The van der Waals surface area contributed by atoms with Crippen molar-refractivity contribution in [3.05, 3.63) is 16.3 Å². The molecule has 7 heteroatoms. The van der Waals surface area contributed by atoms with E-state index in [2.05, 4.69) is 5.10 Å². The molecule has 2 rings (SSSR count). The van der Waals surface area contributed by atoms with Gasteiger partial charge in [-0.15, -0.1) is 0 Å². The molecule has 0 atom stereocenters. The molecule has 0 aromatic carbocycles. The van der Waals surface area contributed by atoms with Crippen LogP contribution in [0.5, 0.6) is 0 Å². The van der Waals surface area contributed by atoms with Crippen molar-refractivity contribution in [2.75, 3.05) is 6.61 Å². The third kappa shape index (κ3) is 2.91. The van der Waals surface area contributed by atoms with Gasteiger partial charge in [0.15, 0.2) is 5.78 Å². The van der Waals surface area contributed by atoms with Gasteiger partial charge in [-0.2, -0.15) is 5.10 Å². The Hall–Kier alpha value is -1.92. The predicted octanol–water partition coefficient (Wildman–Crippen LogP) is 0.539. The molecule has 21 heavy (non-hydrogen) atoms. The molecular weight excluding hydrogens is 274 g/mol. The van der Waals surface area contributed by atoms with Crippen LogP contribution < -0.4 is 5.69 Å². The van der Waals surface area contributed by atoms with Crippen LogP contribution in [0.3, 0.4) is 0 Å². The molecule has 0 unspecified atom stereocenters. The molecule has 0 aliphatic carbocycles. The van der Waals surface area contributed by atoms with Crippen molar-refractivity contribution >= 4 is 11.8 Å². The second-order valence-electron chi connectivity index (χ2n) is 5.73. The fraction of sp³-hybridized carbons (Fsp3) is 0.714. The van der Waals surface area contributed by atoms with Gasteiger partial charge in [0.25, 0.3) is 0 Å². The van der Waals surface area contributed by atoms with E-state index in [1.54, 1.807) is 11.5 Å². The van der Waals surface area contributed by atoms with Crippen molar-refractivity contribution in [2.24, 2.45) is 5.41 Å². The highest BCUT2D eigenvalue weighted by Crippen LogP contribution is 2.20. The summed E-state index contributed by atoms with van der Waals surface area (Å²) in [7, 11) is 0. The zero-order chi connectivity index (χ0) is 15.6. The maximum atomic E-state index is 12.3. The molecule has 0 amide bonds. The van der Waals surface area contributed by atoms with Gasteiger partial charge in [-0.1, -0.05) is 0 Å². The first-order valence-electron chi connectivity index (χ1n) is 7.25. The molecule has 0 saturated heterocycles. The summed E-state index contributed by atoms with van der Waals surface area (Å²) in [4.78, 5) is 36.3. The third-order valence-corrected chi connectivity index (χ3v) is 3.81. The molecule has 0 saturated carbocycles. The molecule has 1 aliphatic heterocycles. The molecule has 0 fully saturated rings. The average Bonchev–Trinajstić information content (AvgIpc) is 2.76. The number of fused-ring (bicyclic) bond motifs is 1. The van der Waals surface area contributed by atoms with Gasteiger partial charge < -0.3 is 4.74 Å². The molecule has 1 aromatic rings. The number of carbonyl (C=O) groups is 2. The van der Waals surface area contributed by atoms with Crippen LogP contribution in [0.25, 0.3) is 0 Å². The second kappa shape index (κ2) is 5.83. The van der Waals surface area contributed by atoms with Gasteiger partial charge in [0.05, 0.1) is 6.61 Å². The summed E-state index contributed by atoms with van der Waals surface area (Å²) in [5.41, 5.74) is -1.56. The molecule has 116 valence electrons. The molecule has 0 radical (unpaired) electrons. The summed E-state index contributed by atoms with van der Waals surface area (Å²) < 4.78 is 7.67. The minimum Gasteiger partial charge on any atom is -0.465 e. The number of Topliss-reactive ketones (excluding diaryl/α,β-unsaturated/α-hetero) is 1. The Morgan fingerprint density at radius 3 is 2.67 bits per heavy atom. The number of nitrogens with zero attached hydrogens (tertiary/aromatic N) is 3. The smallest absolute Gasteiger partial charge is 0.346 e. The Kier molecular flexibility index (Phi) is 4.29. The van der Waals surface area contributed by atoms with E-state index in [4.69, 9.17) is 4.74 Å². The maximum Gasteiger partial charge on any atom is 0.346 e. The van der Waals surface area contributed by atoms with Gasteiger partial charge in [0, 0.05) is 13.0 Å². The summed E-state index contributed by atoms with van der Waals surface area (Å²) in [6.45, 7) is 5.36. The summed E-state index contributed by atoms with van der Waals surface area (Å²) in [6.07, 6.45) is 2.69. The second-order valence-corrected chi connectivity index (χ2v) is 5.73. The highest BCUT2D eigenvalue weighted by molar-refractivity contribution is 6.02.